The second-order valence-corrected chi connectivity index (χ2v) is 6.74. The molecule has 2 N–H and O–H groups in total. The molecule has 126 valence electrons. The molecule has 1 atom stereocenters. The number of aromatic nitrogens is 1. The van der Waals surface area contributed by atoms with Crippen LogP contribution in [0, 0.1) is 3.57 Å². The summed E-state index contributed by atoms with van der Waals surface area (Å²) in [4.78, 5) is 28.3. The van der Waals surface area contributed by atoms with Crippen molar-refractivity contribution in [3.63, 3.8) is 0 Å². The van der Waals surface area contributed by atoms with E-state index in [2.05, 4.69) is 32.9 Å². The quantitative estimate of drug-likeness (QED) is 0.590. The summed E-state index contributed by atoms with van der Waals surface area (Å²) in [6, 6.07) is 15.7. The van der Waals surface area contributed by atoms with Gasteiger partial charge < -0.3 is 10.4 Å². The molecule has 0 radical (unpaired) electrons. The molecule has 0 aliphatic rings. The fourth-order valence-corrected chi connectivity index (χ4v) is 3.13. The number of aliphatic carboxylic acids is 1. The zero-order valence-corrected chi connectivity index (χ0v) is 15.3. The molecule has 6 heteroatoms. The number of amides is 1. The standard InChI is InChI=1S/C19H15IN2O3/c20-15-7-3-1-5-12(15)10-17(19(24)25)22-18(23)14-9-13-6-2-4-8-16(13)21-11-14/h1-9,11,17H,10H2,(H,22,23)(H,24,25)/t17-/m0/s1. The largest absolute Gasteiger partial charge is 0.480 e. The van der Waals surface area contributed by atoms with Crippen LogP contribution in [0.5, 0.6) is 0 Å². The molecule has 25 heavy (non-hydrogen) atoms. The van der Waals surface area contributed by atoms with Crippen molar-refractivity contribution in [2.75, 3.05) is 0 Å². The summed E-state index contributed by atoms with van der Waals surface area (Å²) in [6.45, 7) is 0. The van der Waals surface area contributed by atoms with Gasteiger partial charge in [0.25, 0.3) is 5.91 Å². The van der Waals surface area contributed by atoms with E-state index in [-0.39, 0.29) is 6.42 Å². The molecule has 0 aliphatic carbocycles. The summed E-state index contributed by atoms with van der Waals surface area (Å²) in [6.07, 6.45) is 1.68. The highest BCUT2D eigenvalue weighted by Crippen LogP contribution is 2.15. The number of benzene rings is 2. The number of fused-ring (bicyclic) bond motifs is 1. The fourth-order valence-electron chi connectivity index (χ4n) is 2.52. The summed E-state index contributed by atoms with van der Waals surface area (Å²) in [5.74, 6) is -1.52. The van der Waals surface area contributed by atoms with Gasteiger partial charge in [-0.1, -0.05) is 36.4 Å². The predicted octanol–water partition coefficient (Wildman–Crippen LogP) is 3.27. The zero-order chi connectivity index (χ0) is 17.8. The number of carbonyl (C=O) groups excluding carboxylic acids is 1. The van der Waals surface area contributed by atoms with Crippen molar-refractivity contribution in [3.8, 4) is 0 Å². The highest BCUT2D eigenvalue weighted by atomic mass is 127. The molecule has 0 saturated carbocycles. The summed E-state index contributed by atoms with van der Waals surface area (Å²) < 4.78 is 0.966. The first-order valence-electron chi connectivity index (χ1n) is 7.66. The maximum absolute atomic E-state index is 12.5. The van der Waals surface area contributed by atoms with Crippen LogP contribution >= 0.6 is 22.6 Å². The van der Waals surface area contributed by atoms with E-state index in [1.165, 1.54) is 6.20 Å². The maximum atomic E-state index is 12.5. The van der Waals surface area contributed by atoms with Gasteiger partial charge in [0, 0.05) is 21.6 Å². The third-order valence-corrected chi connectivity index (χ3v) is 4.89. The van der Waals surface area contributed by atoms with Crippen LogP contribution < -0.4 is 5.32 Å². The van der Waals surface area contributed by atoms with Crippen LogP contribution in [0.1, 0.15) is 15.9 Å². The van der Waals surface area contributed by atoms with E-state index in [4.69, 9.17) is 0 Å². The minimum atomic E-state index is -1.07. The van der Waals surface area contributed by atoms with Crippen molar-refractivity contribution >= 4 is 45.4 Å². The molecule has 5 nitrogen and oxygen atoms in total. The number of carboxylic acids is 1. The Morgan fingerprint density at radius 3 is 2.60 bits per heavy atom. The fraction of sp³-hybridized carbons (Fsp3) is 0.105. The lowest BCUT2D eigenvalue weighted by molar-refractivity contribution is -0.139. The van der Waals surface area contributed by atoms with Crippen LogP contribution in [0.2, 0.25) is 0 Å². The lowest BCUT2D eigenvalue weighted by atomic mass is 10.1. The molecule has 1 heterocycles. The molecule has 0 bridgehead atoms. The van der Waals surface area contributed by atoms with Gasteiger partial charge in [-0.05, 0) is 46.4 Å². The van der Waals surface area contributed by atoms with Crippen molar-refractivity contribution in [1.82, 2.24) is 10.3 Å². The smallest absolute Gasteiger partial charge is 0.326 e. The van der Waals surface area contributed by atoms with E-state index in [0.29, 0.717) is 5.56 Å². The van der Waals surface area contributed by atoms with Gasteiger partial charge in [-0.15, -0.1) is 0 Å². The highest BCUT2D eigenvalue weighted by molar-refractivity contribution is 14.1. The second-order valence-electron chi connectivity index (χ2n) is 5.58. The zero-order valence-electron chi connectivity index (χ0n) is 13.1. The third kappa shape index (κ3) is 4.14. The number of hydrogen-bond acceptors (Lipinski definition) is 3. The van der Waals surface area contributed by atoms with Crippen LogP contribution in [0.25, 0.3) is 10.9 Å². The Morgan fingerprint density at radius 2 is 1.84 bits per heavy atom. The Bertz CT molecular complexity index is 943. The molecule has 0 saturated heterocycles. The summed E-state index contributed by atoms with van der Waals surface area (Å²) in [5, 5.41) is 12.9. The van der Waals surface area contributed by atoms with Gasteiger partial charge in [0.1, 0.15) is 6.04 Å². The van der Waals surface area contributed by atoms with Crippen molar-refractivity contribution in [2.24, 2.45) is 0 Å². The summed E-state index contributed by atoms with van der Waals surface area (Å²) in [5.41, 5.74) is 2.01. The second kappa shape index (κ2) is 7.60. The first-order chi connectivity index (χ1) is 12.0. The van der Waals surface area contributed by atoms with Crippen LogP contribution in [-0.4, -0.2) is 28.0 Å². The molecule has 3 rings (SSSR count). The van der Waals surface area contributed by atoms with Gasteiger partial charge in [-0.2, -0.15) is 0 Å². The van der Waals surface area contributed by atoms with Gasteiger partial charge in [0.15, 0.2) is 0 Å². The van der Waals surface area contributed by atoms with Gasteiger partial charge in [0.2, 0.25) is 0 Å². The molecule has 2 aromatic carbocycles. The SMILES string of the molecule is O=C(N[C@@H](Cc1ccccc1I)C(=O)O)c1cnc2ccccc2c1. The van der Waals surface area contributed by atoms with E-state index in [9.17, 15) is 14.7 Å². The molecule has 0 unspecified atom stereocenters. The molecule has 3 aromatic rings. The van der Waals surface area contributed by atoms with E-state index in [1.54, 1.807) is 6.07 Å². The van der Waals surface area contributed by atoms with Gasteiger partial charge in [-0.25, -0.2) is 4.79 Å². The number of carbonyl (C=O) groups is 2. The number of nitrogens with one attached hydrogen (secondary N) is 1. The van der Waals surface area contributed by atoms with Crippen LogP contribution in [0.3, 0.4) is 0 Å². The Hall–Kier alpha value is -2.48. The van der Waals surface area contributed by atoms with E-state index in [1.807, 2.05) is 48.5 Å². The van der Waals surface area contributed by atoms with Gasteiger partial charge >= 0.3 is 5.97 Å². The molecule has 0 spiro atoms. The lowest BCUT2D eigenvalue weighted by Gasteiger charge is -2.15. The average molecular weight is 446 g/mol. The highest BCUT2D eigenvalue weighted by Gasteiger charge is 2.22. The minimum Gasteiger partial charge on any atom is -0.480 e. The molecule has 0 fully saturated rings. The normalized spacial score (nSPS) is 11.9. The first-order valence-corrected chi connectivity index (χ1v) is 8.74. The molecule has 1 amide bonds. The Morgan fingerprint density at radius 1 is 1.12 bits per heavy atom. The minimum absolute atomic E-state index is 0.223. The van der Waals surface area contributed by atoms with Crippen molar-refractivity contribution in [3.05, 3.63) is 75.5 Å². The number of nitrogens with zero attached hydrogens (tertiary/aromatic N) is 1. The van der Waals surface area contributed by atoms with Crippen molar-refractivity contribution < 1.29 is 14.7 Å². The van der Waals surface area contributed by atoms with Crippen molar-refractivity contribution in [1.29, 1.82) is 0 Å². The van der Waals surface area contributed by atoms with E-state index in [0.717, 1.165) is 20.0 Å². The number of para-hydroxylation sites is 1. The topological polar surface area (TPSA) is 79.3 Å². The maximum Gasteiger partial charge on any atom is 0.326 e. The Kier molecular flexibility index (Phi) is 5.28. The number of hydrogen-bond donors (Lipinski definition) is 2. The number of carboxylic acid groups (broad SMARTS) is 1. The third-order valence-electron chi connectivity index (χ3n) is 3.84. The van der Waals surface area contributed by atoms with Crippen LogP contribution in [0.4, 0.5) is 0 Å². The van der Waals surface area contributed by atoms with Crippen LogP contribution in [-0.2, 0) is 11.2 Å². The van der Waals surface area contributed by atoms with E-state index >= 15 is 0 Å². The van der Waals surface area contributed by atoms with Crippen LogP contribution in [0.15, 0.2) is 60.8 Å². The lowest BCUT2D eigenvalue weighted by Crippen LogP contribution is -2.42. The number of pyridine rings is 1. The van der Waals surface area contributed by atoms with Gasteiger partial charge in [-0.3, -0.25) is 9.78 Å². The molecular formula is C19H15IN2O3. The number of rotatable bonds is 5. The molecule has 1 aromatic heterocycles. The number of halogens is 1. The monoisotopic (exact) mass is 446 g/mol. The van der Waals surface area contributed by atoms with Gasteiger partial charge in [0.05, 0.1) is 11.1 Å². The van der Waals surface area contributed by atoms with E-state index < -0.39 is 17.9 Å². The Balaban J connectivity index is 1.80. The summed E-state index contributed by atoms with van der Waals surface area (Å²) in [7, 11) is 0. The first kappa shape index (κ1) is 17.3. The molecular weight excluding hydrogens is 431 g/mol. The molecule has 0 aliphatic heterocycles. The van der Waals surface area contributed by atoms with Crippen molar-refractivity contribution in [2.45, 2.75) is 12.5 Å². The predicted molar refractivity (Wildman–Crippen MR) is 103 cm³/mol. The Labute approximate surface area is 158 Å². The summed E-state index contributed by atoms with van der Waals surface area (Å²) >= 11 is 2.16. The average Bonchev–Trinajstić information content (AvgIpc) is 2.62.